The summed E-state index contributed by atoms with van der Waals surface area (Å²) in [4.78, 5) is 13.7. The van der Waals surface area contributed by atoms with Crippen molar-refractivity contribution in [2.24, 2.45) is 0 Å². The van der Waals surface area contributed by atoms with Crippen molar-refractivity contribution in [3.05, 3.63) is 40.9 Å². The van der Waals surface area contributed by atoms with Crippen molar-refractivity contribution in [1.29, 1.82) is 0 Å². The minimum Gasteiger partial charge on any atom is -0.484 e. The third-order valence-electron chi connectivity index (χ3n) is 4.29. The number of nitrogens with zero attached hydrogens (tertiary/aromatic N) is 1. The Morgan fingerprint density at radius 3 is 2.67 bits per heavy atom. The number of hydrogen-bond donors (Lipinski definition) is 0. The summed E-state index contributed by atoms with van der Waals surface area (Å²) >= 11 is 3.43. The van der Waals surface area contributed by atoms with Gasteiger partial charge in [-0.15, -0.1) is 0 Å². The summed E-state index contributed by atoms with van der Waals surface area (Å²) < 4.78 is 29.6. The lowest BCUT2D eigenvalue weighted by atomic mass is 10.1. The van der Waals surface area contributed by atoms with E-state index in [-0.39, 0.29) is 30.1 Å². The maximum Gasteiger partial charge on any atom is 0.260 e. The zero-order valence-corrected chi connectivity index (χ0v) is 15.6. The Morgan fingerprint density at radius 2 is 1.96 bits per heavy atom. The molecule has 2 aromatic rings. The van der Waals surface area contributed by atoms with E-state index in [0.717, 1.165) is 15.2 Å². The van der Waals surface area contributed by atoms with Gasteiger partial charge < -0.3 is 9.64 Å². The fourth-order valence-electron chi connectivity index (χ4n) is 2.82. The van der Waals surface area contributed by atoms with E-state index < -0.39 is 9.84 Å². The Kier molecular flexibility index (Phi) is 4.83. The van der Waals surface area contributed by atoms with Gasteiger partial charge in [0.2, 0.25) is 0 Å². The largest absolute Gasteiger partial charge is 0.484 e. The molecule has 3 rings (SSSR count). The molecule has 2 aromatic carbocycles. The van der Waals surface area contributed by atoms with E-state index >= 15 is 0 Å². The van der Waals surface area contributed by atoms with Gasteiger partial charge in [0.05, 0.1) is 11.5 Å². The molecule has 1 saturated heterocycles. The molecule has 1 heterocycles. The third kappa shape index (κ3) is 3.89. The minimum absolute atomic E-state index is 0.0418. The molecular weight excluding hydrogens is 394 g/mol. The second kappa shape index (κ2) is 6.72. The van der Waals surface area contributed by atoms with Crippen LogP contribution < -0.4 is 4.74 Å². The van der Waals surface area contributed by atoms with Crippen molar-refractivity contribution in [3.8, 4) is 5.75 Å². The summed E-state index contributed by atoms with van der Waals surface area (Å²) in [5, 5.41) is 2.11. The molecule has 1 amide bonds. The van der Waals surface area contributed by atoms with Crippen LogP contribution in [0.25, 0.3) is 10.8 Å². The van der Waals surface area contributed by atoms with Crippen LogP contribution in [0.1, 0.15) is 6.42 Å². The van der Waals surface area contributed by atoms with Crippen LogP contribution in [-0.2, 0) is 14.6 Å². The van der Waals surface area contributed by atoms with E-state index in [9.17, 15) is 13.2 Å². The molecule has 5 nitrogen and oxygen atoms in total. The summed E-state index contributed by atoms with van der Waals surface area (Å²) in [5.74, 6) is 0.592. The Morgan fingerprint density at radius 1 is 1.25 bits per heavy atom. The fraction of sp³-hybridized carbons (Fsp3) is 0.353. The quantitative estimate of drug-likeness (QED) is 0.775. The lowest BCUT2D eigenvalue weighted by Crippen LogP contribution is -2.40. The number of amides is 1. The Bertz CT molecular complexity index is 881. The normalized spacial score (nSPS) is 19.3. The number of halogens is 1. The molecule has 0 aromatic heterocycles. The molecule has 0 bridgehead atoms. The first kappa shape index (κ1) is 17.2. The maximum atomic E-state index is 12.2. The number of rotatable bonds is 4. The molecular formula is C17H18BrNO4S. The van der Waals surface area contributed by atoms with Crippen LogP contribution in [0.2, 0.25) is 0 Å². The number of hydrogen-bond acceptors (Lipinski definition) is 4. The predicted octanol–water partition coefficient (Wildman–Crippen LogP) is 2.63. The maximum absolute atomic E-state index is 12.2. The zero-order chi connectivity index (χ0) is 17.3. The Labute approximate surface area is 149 Å². The molecule has 1 aliphatic rings. The highest BCUT2D eigenvalue weighted by atomic mass is 79.9. The van der Waals surface area contributed by atoms with Gasteiger partial charge in [0.1, 0.15) is 5.75 Å². The van der Waals surface area contributed by atoms with Gasteiger partial charge in [-0.1, -0.05) is 28.1 Å². The minimum atomic E-state index is -3.01. The van der Waals surface area contributed by atoms with Crippen LogP contribution in [0, 0.1) is 0 Å². The van der Waals surface area contributed by atoms with Gasteiger partial charge in [0.15, 0.2) is 16.4 Å². The molecule has 24 heavy (non-hydrogen) atoms. The monoisotopic (exact) mass is 411 g/mol. The van der Waals surface area contributed by atoms with Crippen LogP contribution in [-0.4, -0.2) is 50.4 Å². The van der Waals surface area contributed by atoms with E-state index in [4.69, 9.17) is 4.74 Å². The van der Waals surface area contributed by atoms with Crippen molar-refractivity contribution < 1.29 is 17.9 Å². The number of fused-ring (bicyclic) bond motifs is 1. The van der Waals surface area contributed by atoms with E-state index in [2.05, 4.69) is 15.9 Å². The van der Waals surface area contributed by atoms with Crippen LogP contribution >= 0.6 is 15.9 Å². The first-order valence-corrected chi connectivity index (χ1v) is 10.2. The van der Waals surface area contributed by atoms with Gasteiger partial charge in [-0.3, -0.25) is 4.79 Å². The van der Waals surface area contributed by atoms with E-state index in [1.54, 1.807) is 7.05 Å². The molecule has 0 radical (unpaired) electrons. The summed E-state index contributed by atoms with van der Waals surface area (Å²) in [6.45, 7) is -0.102. The van der Waals surface area contributed by atoms with Crippen molar-refractivity contribution in [3.63, 3.8) is 0 Å². The van der Waals surface area contributed by atoms with Crippen LogP contribution in [0.15, 0.2) is 40.9 Å². The highest BCUT2D eigenvalue weighted by molar-refractivity contribution is 9.10. The lowest BCUT2D eigenvalue weighted by Gasteiger charge is -2.23. The highest BCUT2D eigenvalue weighted by Gasteiger charge is 2.32. The van der Waals surface area contributed by atoms with Crippen molar-refractivity contribution >= 4 is 42.4 Å². The molecule has 128 valence electrons. The standard InChI is InChI=1S/C17H18BrNO4S/c1-19(15-6-7-24(21,22)11-15)17(20)10-23-16-5-3-12-8-14(18)4-2-13(12)9-16/h2-5,8-9,15H,6-7,10-11H2,1H3/t15-/m1/s1. The van der Waals surface area contributed by atoms with E-state index in [0.29, 0.717) is 12.2 Å². The van der Waals surface area contributed by atoms with E-state index in [1.165, 1.54) is 4.90 Å². The second-order valence-electron chi connectivity index (χ2n) is 6.00. The molecule has 0 unspecified atom stereocenters. The molecule has 0 aliphatic carbocycles. The molecule has 1 aliphatic heterocycles. The third-order valence-corrected chi connectivity index (χ3v) is 6.53. The molecule has 1 atom stereocenters. The molecule has 0 N–H and O–H groups in total. The number of carbonyl (C=O) groups excluding carboxylic acids is 1. The fourth-order valence-corrected chi connectivity index (χ4v) is 4.97. The van der Waals surface area contributed by atoms with Gasteiger partial charge in [-0.2, -0.15) is 0 Å². The van der Waals surface area contributed by atoms with Crippen LogP contribution in [0.4, 0.5) is 0 Å². The molecule has 0 spiro atoms. The zero-order valence-electron chi connectivity index (χ0n) is 13.2. The summed E-state index contributed by atoms with van der Waals surface area (Å²) in [5.41, 5.74) is 0. The van der Waals surface area contributed by atoms with Gasteiger partial charge in [-0.25, -0.2) is 8.42 Å². The van der Waals surface area contributed by atoms with Gasteiger partial charge in [0.25, 0.3) is 5.91 Å². The van der Waals surface area contributed by atoms with Crippen LogP contribution in [0.3, 0.4) is 0 Å². The van der Waals surface area contributed by atoms with Gasteiger partial charge in [-0.05, 0) is 41.5 Å². The van der Waals surface area contributed by atoms with Gasteiger partial charge in [0, 0.05) is 17.6 Å². The number of ether oxygens (including phenoxy) is 1. The average molecular weight is 412 g/mol. The molecule has 7 heteroatoms. The highest BCUT2D eigenvalue weighted by Crippen LogP contribution is 2.24. The summed E-state index contributed by atoms with van der Waals surface area (Å²) in [6, 6.07) is 11.3. The Balaban J connectivity index is 1.62. The topological polar surface area (TPSA) is 63.7 Å². The summed E-state index contributed by atoms with van der Waals surface area (Å²) in [7, 11) is -1.37. The summed E-state index contributed by atoms with van der Waals surface area (Å²) in [6.07, 6.45) is 0.495. The van der Waals surface area contributed by atoms with Crippen molar-refractivity contribution in [2.45, 2.75) is 12.5 Å². The number of benzene rings is 2. The molecule has 1 fully saturated rings. The van der Waals surface area contributed by atoms with E-state index in [1.807, 2.05) is 36.4 Å². The number of carbonyl (C=O) groups is 1. The Hall–Kier alpha value is -1.60. The van der Waals surface area contributed by atoms with Gasteiger partial charge >= 0.3 is 0 Å². The first-order valence-electron chi connectivity index (χ1n) is 7.62. The average Bonchev–Trinajstić information content (AvgIpc) is 2.91. The first-order chi connectivity index (χ1) is 11.3. The number of likely N-dealkylation sites (N-methyl/N-ethyl adjacent to an activating group) is 1. The van der Waals surface area contributed by atoms with Crippen LogP contribution in [0.5, 0.6) is 5.75 Å². The SMILES string of the molecule is CN(C(=O)COc1ccc2cc(Br)ccc2c1)[C@@H]1CCS(=O)(=O)C1. The second-order valence-corrected chi connectivity index (χ2v) is 9.15. The van der Waals surface area contributed by atoms with Crippen molar-refractivity contribution in [2.75, 3.05) is 25.2 Å². The molecule has 0 saturated carbocycles. The number of sulfone groups is 1. The predicted molar refractivity (Wildman–Crippen MR) is 97.0 cm³/mol. The smallest absolute Gasteiger partial charge is 0.260 e. The van der Waals surface area contributed by atoms with Crippen molar-refractivity contribution in [1.82, 2.24) is 4.90 Å². The lowest BCUT2D eigenvalue weighted by molar-refractivity contribution is -0.133.